The predicted molar refractivity (Wildman–Crippen MR) is 58.9 cm³/mol. The van der Waals surface area contributed by atoms with Crippen molar-refractivity contribution in [1.29, 1.82) is 0 Å². The van der Waals surface area contributed by atoms with Crippen LogP contribution in [0.25, 0.3) is 15.3 Å². The molecule has 0 aliphatic heterocycles. The molecule has 2 atom stereocenters. The van der Waals surface area contributed by atoms with Crippen molar-refractivity contribution in [2.24, 2.45) is 5.11 Å². The molecule has 2 rings (SSSR count). The molecule has 5 heteroatoms. The lowest BCUT2D eigenvalue weighted by Crippen LogP contribution is -2.23. The van der Waals surface area contributed by atoms with E-state index in [4.69, 9.17) is 12.1 Å². The molecule has 0 saturated carbocycles. The van der Waals surface area contributed by atoms with Crippen LogP contribution >= 0.6 is 0 Å². The topological polar surface area (TPSA) is 73.4 Å². The monoisotopic (exact) mass is 214 g/mol. The van der Waals surface area contributed by atoms with Gasteiger partial charge in [-0.3, -0.25) is 0 Å². The van der Waals surface area contributed by atoms with Gasteiger partial charge >= 0.3 is 0 Å². The summed E-state index contributed by atoms with van der Waals surface area (Å²) in [5, 5.41) is 13.5. The smallest absolute Gasteiger partial charge is 0.187 e. The Kier molecular flexibility index (Phi) is 2.78. The van der Waals surface area contributed by atoms with Gasteiger partial charge in [0, 0.05) is 4.91 Å². The minimum absolute atomic E-state index is 0.392. The molecular weight excluding hydrogens is 204 g/mol. The van der Waals surface area contributed by atoms with Crippen LogP contribution in [0.4, 0.5) is 5.69 Å². The van der Waals surface area contributed by atoms with E-state index in [2.05, 4.69) is 14.9 Å². The molecule has 0 bridgehead atoms. The van der Waals surface area contributed by atoms with Crippen molar-refractivity contribution in [2.45, 2.75) is 25.0 Å². The van der Waals surface area contributed by atoms with Crippen molar-refractivity contribution >= 4 is 5.69 Å². The number of hydrogen-bond donors (Lipinski definition) is 1. The number of aliphatic hydroxyl groups excluding tert-OH is 1. The molecule has 1 N–H and O–H groups in total. The van der Waals surface area contributed by atoms with E-state index in [1.54, 1.807) is 18.2 Å². The molecule has 16 heavy (non-hydrogen) atoms. The third kappa shape index (κ3) is 1.72. The molecular formula is C11H10N4O. The maximum absolute atomic E-state index is 9.97. The number of nitrogens with zero attached hydrogens (tertiary/aromatic N) is 4. The highest BCUT2D eigenvalue weighted by atomic mass is 16.3. The maximum atomic E-state index is 9.97. The fraction of sp³-hybridized carbons (Fsp3) is 0.364. The van der Waals surface area contributed by atoms with Crippen molar-refractivity contribution in [3.05, 3.63) is 51.2 Å². The van der Waals surface area contributed by atoms with Gasteiger partial charge in [0.15, 0.2) is 5.69 Å². The molecule has 5 nitrogen and oxygen atoms in total. The van der Waals surface area contributed by atoms with E-state index in [1.807, 2.05) is 0 Å². The van der Waals surface area contributed by atoms with Gasteiger partial charge in [0.25, 0.3) is 0 Å². The van der Waals surface area contributed by atoms with Crippen molar-refractivity contribution in [2.75, 3.05) is 0 Å². The zero-order chi connectivity index (χ0) is 11.5. The summed E-state index contributed by atoms with van der Waals surface area (Å²) in [6.45, 7) is 6.91. The van der Waals surface area contributed by atoms with Crippen molar-refractivity contribution in [3.8, 4) is 0 Å². The Morgan fingerprint density at radius 1 is 1.50 bits per heavy atom. The first kappa shape index (κ1) is 10.5. The number of benzene rings is 1. The summed E-state index contributed by atoms with van der Waals surface area (Å²) in [6, 6.07) is 4.81. The molecule has 0 aromatic heterocycles. The standard InChI is InChI=1S/C11H10N4O/c1-13-8-3-4-9-7(6-8)2-5-10(11(9)16)14-15-12/h3-4,6,10-11,16H,2,5H2/t10-,11+/m1/s1. The van der Waals surface area contributed by atoms with Gasteiger partial charge in [0.2, 0.25) is 0 Å². The molecule has 1 aliphatic carbocycles. The highest BCUT2D eigenvalue weighted by molar-refractivity contribution is 5.51. The van der Waals surface area contributed by atoms with Gasteiger partial charge in [-0.25, -0.2) is 4.85 Å². The first-order chi connectivity index (χ1) is 7.76. The third-order valence-corrected chi connectivity index (χ3v) is 2.85. The number of aryl methyl sites for hydroxylation is 1. The number of azide groups is 1. The van der Waals surface area contributed by atoms with Gasteiger partial charge in [-0.2, -0.15) is 0 Å². The van der Waals surface area contributed by atoms with Crippen LogP contribution in [0.5, 0.6) is 0 Å². The molecule has 0 unspecified atom stereocenters. The summed E-state index contributed by atoms with van der Waals surface area (Å²) in [6.07, 6.45) is 0.610. The van der Waals surface area contributed by atoms with Gasteiger partial charge in [0.05, 0.1) is 18.7 Å². The fourth-order valence-electron chi connectivity index (χ4n) is 2.02. The SMILES string of the molecule is [C-]#[N+]c1ccc2c(c1)CC[C@@H](N=[N+]=[N-])[C@H]2O. The first-order valence-corrected chi connectivity index (χ1v) is 4.99. The van der Waals surface area contributed by atoms with Crippen LogP contribution in [0.1, 0.15) is 23.7 Å². The van der Waals surface area contributed by atoms with E-state index >= 15 is 0 Å². The van der Waals surface area contributed by atoms with E-state index < -0.39 is 12.1 Å². The zero-order valence-corrected chi connectivity index (χ0v) is 8.54. The number of fused-ring (bicyclic) bond motifs is 1. The van der Waals surface area contributed by atoms with Crippen molar-refractivity contribution in [3.63, 3.8) is 0 Å². The lowest BCUT2D eigenvalue weighted by atomic mass is 9.86. The molecule has 0 fully saturated rings. The van der Waals surface area contributed by atoms with Crippen LogP contribution in [0.2, 0.25) is 0 Å². The van der Waals surface area contributed by atoms with Crippen LogP contribution in [-0.4, -0.2) is 11.1 Å². The van der Waals surface area contributed by atoms with E-state index in [0.717, 1.165) is 17.5 Å². The number of aliphatic hydroxyl groups is 1. The van der Waals surface area contributed by atoms with E-state index in [0.29, 0.717) is 12.1 Å². The third-order valence-electron chi connectivity index (χ3n) is 2.85. The van der Waals surface area contributed by atoms with E-state index in [-0.39, 0.29) is 0 Å². The fourth-order valence-corrected chi connectivity index (χ4v) is 2.02. The van der Waals surface area contributed by atoms with Crippen LogP contribution in [0.15, 0.2) is 23.3 Å². The number of hydrogen-bond acceptors (Lipinski definition) is 2. The van der Waals surface area contributed by atoms with Crippen LogP contribution in [0, 0.1) is 6.57 Å². The number of rotatable bonds is 1. The molecule has 1 aliphatic rings. The highest BCUT2D eigenvalue weighted by Gasteiger charge is 2.26. The molecule has 1 aromatic rings. The normalized spacial score (nSPS) is 22.8. The summed E-state index contributed by atoms with van der Waals surface area (Å²) in [5.74, 6) is 0. The summed E-state index contributed by atoms with van der Waals surface area (Å²) in [5.41, 5.74) is 10.7. The molecule has 0 saturated heterocycles. The van der Waals surface area contributed by atoms with Crippen molar-refractivity contribution in [1.82, 2.24) is 0 Å². The lowest BCUT2D eigenvalue weighted by Gasteiger charge is -2.27. The van der Waals surface area contributed by atoms with E-state index in [9.17, 15) is 5.11 Å². The zero-order valence-electron chi connectivity index (χ0n) is 8.54. The maximum Gasteiger partial charge on any atom is 0.187 e. The lowest BCUT2D eigenvalue weighted by molar-refractivity contribution is 0.134. The Balaban J connectivity index is 2.39. The second-order valence-electron chi connectivity index (χ2n) is 3.75. The second-order valence-corrected chi connectivity index (χ2v) is 3.75. The van der Waals surface area contributed by atoms with E-state index in [1.165, 1.54) is 0 Å². The largest absolute Gasteiger partial charge is 0.388 e. The molecule has 0 heterocycles. The Labute approximate surface area is 92.8 Å². The Morgan fingerprint density at radius 3 is 3.00 bits per heavy atom. The van der Waals surface area contributed by atoms with Gasteiger partial charge in [-0.15, -0.1) is 0 Å². The minimum atomic E-state index is -0.751. The Bertz CT molecular complexity index is 499. The predicted octanol–water partition coefficient (Wildman–Crippen LogP) is 2.90. The Morgan fingerprint density at radius 2 is 2.31 bits per heavy atom. The summed E-state index contributed by atoms with van der Waals surface area (Å²) in [4.78, 5) is 6.08. The highest BCUT2D eigenvalue weighted by Crippen LogP contribution is 2.34. The van der Waals surface area contributed by atoms with Gasteiger partial charge < -0.3 is 5.11 Å². The average molecular weight is 214 g/mol. The van der Waals surface area contributed by atoms with Crippen LogP contribution in [0.3, 0.4) is 0 Å². The average Bonchev–Trinajstić information content (AvgIpc) is 2.32. The molecule has 0 amide bonds. The minimum Gasteiger partial charge on any atom is -0.388 e. The van der Waals surface area contributed by atoms with Crippen LogP contribution in [-0.2, 0) is 6.42 Å². The first-order valence-electron chi connectivity index (χ1n) is 4.99. The quantitative estimate of drug-likeness (QED) is 0.332. The summed E-state index contributed by atoms with van der Waals surface area (Å²) in [7, 11) is 0. The summed E-state index contributed by atoms with van der Waals surface area (Å²) < 4.78 is 0. The summed E-state index contributed by atoms with van der Waals surface area (Å²) >= 11 is 0. The van der Waals surface area contributed by atoms with Gasteiger partial charge in [-0.05, 0) is 23.9 Å². The van der Waals surface area contributed by atoms with Crippen LogP contribution < -0.4 is 0 Å². The Hall–Kier alpha value is -2.02. The second kappa shape index (κ2) is 4.23. The molecule has 0 radical (unpaired) electrons. The van der Waals surface area contributed by atoms with Gasteiger partial charge in [-0.1, -0.05) is 28.9 Å². The van der Waals surface area contributed by atoms with Gasteiger partial charge in [0.1, 0.15) is 0 Å². The molecule has 1 aromatic carbocycles. The molecule has 0 spiro atoms. The van der Waals surface area contributed by atoms with Crippen molar-refractivity contribution < 1.29 is 5.11 Å². The molecule has 80 valence electrons.